The summed E-state index contributed by atoms with van der Waals surface area (Å²) in [5.74, 6) is -0.380. The van der Waals surface area contributed by atoms with Crippen LogP contribution in [0.2, 0.25) is 0 Å². The first-order valence-electron chi connectivity index (χ1n) is 5.99. The van der Waals surface area contributed by atoms with E-state index in [0.717, 1.165) is 10.9 Å². The predicted molar refractivity (Wildman–Crippen MR) is 90.0 cm³/mol. The van der Waals surface area contributed by atoms with E-state index in [1.807, 2.05) is 42.5 Å². The van der Waals surface area contributed by atoms with Crippen molar-refractivity contribution in [2.24, 2.45) is 0 Å². The lowest BCUT2D eigenvalue weighted by atomic mass is 10.1. The molecule has 1 atom stereocenters. The highest BCUT2D eigenvalue weighted by atomic mass is 127. The van der Waals surface area contributed by atoms with Gasteiger partial charge < -0.3 is 10.4 Å². The fraction of sp³-hybridized carbons (Fsp3) is 0.286. The molecule has 0 fully saturated rings. The maximum absolute atomic E-state index is 11.9. The minimum Gasteiger partial charge on any atom is -0.506 e. The van der Waals surface area contributed by atoms with Crippen LogP contribution < -0.4 is 5.32 Å². The molecule has 0 aliphatic heterocycles. The van der Waals surface area contributed by atoms with Crippen molar-refractivity contribution in [3.8, 4) is 11.8 Å². The maximum atomic E-state index is 11.9. The molecule has 6 heteroatoms. The van der Waals surface area contributed by atoms with Gasteiger partial charge in [-0.05, 0) is 54.1 Å². The number of carbonyl (C=O) groups is 1. The van der Waals surface area contributed by atoms with Gasteiger partial charge in [0.2, 0.25) is 0 Å². The third kappa shape index (κ3) is 4.49. The largest absolute Gasteiger partial charge is 0.506 e. The van der Waals surface area contributed by atoms with Gasteiger partial charge >= 0.3 is 0 Å². The molecule has 1 amide bonds. The van der Waals surface area contributed by atoms with Crippen LogP contribution in [0.1, 0.15) is 25.8 Å². The SMILES string of the molecule is CC[C@@H](C)NC(=O)/C(C#N)=C/c1cc(Br)cc(I)c1O. The maximum Gasteiger partial charge on any atom is 0.262 e. The molecule has 1 aromatic carbocycles. The second-order valence-corrected chi connectivity index (χ2v) is 6.36. The molecule has 2 N–H and O–H groups in total. The molecule has 0 saturated carbocycles. The topological polar surface area (TPSA) is 73.1 Å². The van der Waals surface area contributed by atoms with E-state index in [2.05, 4.69) is 21.2 Å². The van der Waals surface area contributed by atoms with Crippen molar-refractivity contribution in [1.82, 2.24) is 5.32 Å². The van der Waals surface area contributed by atoms with Crippen molar-refractivity contribution >= 4 is 50.5 Å². The lowest BCUT2D eigenvalue weighted by Crippen LogP contribution is -2.32. The highest BCUT2D eigenvalue weighted by Gasteiger charge is 2.13. The van der Waals surface area contributed by atoms with Crippen LogP contribution >= 0.6 is 38.5 Å². The number of hydrogen-bond acceptors (Lipinski definition) is 3. The van der Waals surface area contributed by atoms with E-state index < -0.39 is 5.91 Å². The van der Waals surface area contributed by atoms with Crippen molar-refractivity contribution in [2.45, 2.75) is 26.3 Å². The zero-order valence-electron chi connectivity index (χ0n) is 11.1. The molecule has 0 aromatic heterocycles. The van der Waals surface area contributed by atoms with Crippen LogP contribution in [0.5, 0.6) is 5.75 Å². The standard InChI is InChI=1S/C14H14BrIN2O2/c1-3-8(2)18-14(20)10(7-17)4-9-5-11(15)6-12(16)13(9)19/h4-6,8,19H,3H2,1-2H3,(H,18,20)/b10-4+/t8-/m1/s1. The van der Waals surface area contributed by atoms with Gasteiger partial charge in [-0.25, -0.2) is 0 Å². The smallest absolute Gasteiger partial charge is 0.262 e. The summed E-state index contributed by atoms with van der Waals surface area (Å²) in [4.78, 5) is 11.9. The number of amides is 1. The Morgan fingerprint density at radius 3 is 2.85 bits per heavy atom. The van der Waals surface area contributed by atoms with Crippen molar-refractivity contribution < 1.29 is 9.90 Å². The van der Waals surface area contributed by atoms with E-state index in [4.69, 9.17) is 5.26 Å². The number of nitrogens with zero attached hydrogens (tertiary/aromatic N) is 1. The summed E-state index contributed by atoms with van der Waals surface area (Å²) in [6, 6.07) is 5.27. The van der Waals surface area contributed by atoms with Crippen molar-refractivity contribution in [3.05, 3.63) is 31.3 Å². The number of halogens is 2. The highest BCUT2D eigenvalue weighted by Crippen LogP contribution is 2.30. The Morgan fingerprint density at radius 1 is 1.65 bits per heavy atom. The van der Waals surface area contributed by atoms with E-state index >= 15 is 0 Å². The molecule has 1 aromatic rings. The highest BCUT2D eigenvalue weighted by molar-refractivity contribution is 14.1. The average molecular weight is 449 g/mol. The molecule has 0 aliphatic rings. The number of hydrogen-bond donors (Lipinski definition) is 2. The molecule has 0 radical (unpaired) electrons. The van der Waals surface area contributed by atoms with Crippen molar-refractivity contribution in [3.63, 3.8) is 0 Å². The molecular weight excluding hydrogens is 435 g/mol. The Labute approximate surface area is 140 Å². The quantitative estimate of drug-likeness (QED) is 0.420. The zero-order valence-corrected chi connectivity index (χ0v) is 14.8. The molecule has 20 heavy (non-hydrogen) atoms. The molecule has 1 rings (SSSR count). The van der Waals surface area contributed by atoms with Gasteiger partial charge in [0.25, 0.3) is 5.91 Å². The van der Waals surface area contributed by atoms with Gasteiger partial charge in [-0.2, -0.15) is 5.26 Å². The summed E-state index contributed by atoms with van der Waals surface area (Å²) in [6.45, 7) is 3.82. The third-order valence-corrected chi connectivity index (χ3v) is 3.99. The lowest BCUT2D eigenvalue weighted by Gasteiger charge is -2.10. The summed E-state index contributed by atoms with van der Waals surface area (Å²) in [5, 5.41) is 21.8. The molecule has 0 aliphatic carbocycles. The molecule has 4 nitrogen and oxygen atoms in total. The number of nitriles is 1. The number of carbonyl (C=O) groups excluding carboxylic acids is 1. The minimum atomic E-state index is -0.434. The normalized spacial score (nSPS) is 12.7. The first-order chi connectivity index (χ1) is 9.38. The van der Waals surface area contributed by atoms with Gasteiger partial charge in [0, 0.05) is 16.1 Å². The van der Waals surface area contributed by atoms with Crippen LogP contribution in [-0.2, 0) is 4.79 Å². The summed E-state index contributed by atoms with van der Waals surface area (Å²) in [5.41, 5.74) is 0.397. The van der Waals surface area contributed by atoms with Gasteiger partial charge in [-0.1, -0.05) is 22.9 Å². The van der Waals surface area contributed by atoms with Crippen LogP contribution in [0.4, 0.5) is 0 Å². The molecule has 0 spiro atoms. The number of phenolic OH excluding ortho intramolecular Hbond substituents is 1. The van der Waals surface area contributed by atoms with Crippen LogP contribution in [0.25, 0.3) is 6.08 Å². The summed E-state index contributed by atoms with van der Waals surface area (Å²) < 4.78 is 1.41. The number of nitrogens with one attached hydrogen (secondary N) is 1. The van der Waals surface area contributed by atoms with E-state index in [1.165, 1.54) is 6.08 Å². The van der Waals surface area contributed by atoms with E-state index in [0.29, 0.717) is 9.13 Å². The van der Waals surface area contributed by atoms with Crippen molar-refractivity contribution in [1.29, 1.82) is 5.26 Å². The Bertz CT molecular complexity index is 594. The van der Waals surface area contributed by atoms with Crippen LogP contribution in [0.3, 0.4) is 0 Å². The van der Waals surface area contributed by atoms with Crippen molar-refractivity contribution in [2.75, 3.05) is 0 Å². The molecule has 106 valence electrons. The molecule has 0 bridgehead atoms. The van der Waals surface area contributed by atoms with Gasteiger partial charge in [0.15, 0.2) is 0 Å². The number of phenols is 1. The Hall–Kier alpha value is -1.07. The van der Waals surface area contributed by atoms with Gasteiger partial charge in [-0.3, -0.25) is 4.79 Å². The average Bonchev–Trinajstić information content (AvgIpc) is 2.40. The molecule has 0 unspecified atom stereocenters. The van der Waals surface area contributed by atoms with Crippen LogP contribution in [0.15, 0.2) is 22.2 Å². The van der Waals surface area contributed by atoms with Crippen LogP contribution in [-0.4, -0.2) is 17.1 Å². The minimum absolute atomic E-state index is 0.00417. The molecule has 0 saturated heterocycles. The monoisotopic (exact) mass is 448 g/mol. The summed E-state index contributed by atoms with van der Waals surface area (Å²) in [6.07, 6.45) is 2.17. The lowest BCUT2D eigenvalue weighted by molar-refractivity contribution is -0.117. The molecular formula is C14H14BrIN2O2. The summed E-state index contributed by atoms with van der Waals surface area (Å²) in [7, 11) is 0. The first kappa shape index (κ1) is 17.0. The van der Waals surface area contributed by atoms with Gasteiger partial charge in [0.1, 0.15) is 17.4 Å². The number of benzene rings is 1. The number of rotatable bonds is 4. The van der Waals surface area contributed by atoms with Gasteiger partial charge in [0.05, 0.1) is 3.57 Å². The second-order valence-electron chi connectivity index (χ2n) is 4.28. The Kier molecular flexibility index (Phi) is 6.49. The zero-order chi connectivity index (χ0) is 15.3. The Balaban J connectivity index is 3.13. The first-order valence-corrected chi connectivity index (χ1v) is 7.86. The number of aromatic hydroxyl groups is 1. The van der Waals surface area contributed by atoms with E-state index in [9.17, 15) is 9.90 Å². The van der Waals surface area contributed by atoms with E-state index in [1.54, 1.807) is 12.1 Å². The molecule has 0 heterocycles. The fourth-order valence-electron chi connectivity index (χ4n) is 1.40. The predicted octanol–water partition coefficient (Wildman–Crippen LogP) is 3.58. The van der Waals surface area contributed by atoms with Crippen LogP contribution in [0, 0.1) is 14.9 Å². The summed E-state index contributed by atoms with van der Waals surface area (Å²) >= 11 is 5.30. The van der Waals surface area contributed by atoms with E-state index in [-0.39, 0.29) is 17.4 Å². The van der Waals surface area contributed by atoms with Gasteiger partial charge in [-0.15, -0.1) is 0 Å². The Morgan fingerprint density at radius 2 is 2.30 bits per heavy atom. The fourth-order valence-corrected chi connectivity index (χ4v) is 2.95. The third-order valence-electron chi connectivity index (χ3n) is 2.71. The second kappa shape index (κ2) is 7.64.